The third-order valence-corrected chi connectivity index (χ3v) is 6.57. The molecule has 2 aliphatic rings. The second-order valence-corrected chi connectivity index (χ2v) is 8.50. The Kier molecular flexibility index (Phi) is 8.24. The Balaban J connectivity index is 0.00000149. The second-order valence-electron chi connectivity index (χ2n) is 8.50. The van der Waals surface area contributed by atoms with Gasteiger partial charge in [0.2, 0.25) is 0 Å². The van der Waals surface area contributed by atoms with Crippen LogP contribution in [0.4, 0.5) is 0 Å². The van der Waals surface area contributed by atoms with Crippen LogP contribution in [0.5, 0.6) is 0 Å². The number of nitrogens with one attached hydrogen (secondary N) is 1. The lowest BCUT2D eigenvalue weighted by atomic mass is 9.88. The smallest absolute Gasteiger partial charge is 0.265 e. The summed E-state index contributed by atoms with van der Waals surface area (Å²) < 4.78 is 0. The molecule has 174 valence electrons. The van der Waals surface area contributed by atoms with Crippen LogP contribution in [-0.2, 0) is 6.42 Å². The first-order chi connectivity index (χ1) is 16.0. The van der Waals surface area contributed by atoms with Gasteiger partial charge in [-0.3, -0.25) is 15.0 Å². The number of carbonyl (C=O) groups excluding carboxylic acids is 2. The Morgan fingerprint density at radius 3 is 2.18 bits per heavy atom. The summed E-state index contributed by atoms with van der Waals surface area (Å²) in [5, 5.41) is 8.98. The molecule has 0 atom stereocenters. The van der Waals surface area contributed by atoms with E-state index >= 15 is 0 Å². The topological polar surface area (TPSA) is 99.2 Å². The van der Waals surface area contributed by atoms with Gasteiger partial charge in [0.05, 0.1) is 11.6 Å². The molecule has 1 aliphatic carbocycles. The van der Waals surface area contributed by atoms with Gasteiger partial charge in [0.25, 0.3) is 11.8 Å². The Labute approximate surface area is 196 Å². The minimum absolute atomic E-state index is 0.0106. The minimum Gasteiger partial charge on any atom is -0.339 e. The third kappa shape index (κ3) is 5.43. The Bertz CT molecular complexity index is 1030. The van der Waals surface area contributed by atoms with E-state index in [1.165, 1.54) is 5.56 Å². The van der Waals surface area contributed by atoms with Crippen molar-refractivity contribution in [1.82, 2.24) is 10.3 Å². The summed E-state index contributed by atoms with van der Waals surface area (Å²) in [5.41, 5.74) is 7.26. The van der Waals surface area contributed by atoms with Gasteiger partial charge in [-0.1, -0.05) is 39.0 Å². The molecule has 1 heterocycles. The number of nitrogens with two attached hydrogens (primary N) is 1. The van der Waals surface area contributed by atoms with Gasteiger partial charge in [-0.05, 0) is 78.8 Å². The van der Waals surface area contributed by atoms with Gasteiger partial charge < -0.3 is 4.90 Å². The molecule has 0 bridgehead atoms. The van der Waals surface area contributed by atoms with Gasteiger partial charge in [0.1, 0.15) is 0 Å². The first kappa shape index (κ1) is 24.5. The number of amides is 2. The molecule has 2 aromatic carbocycles. The van der Waals surface area contributed by atoms with Crippen molar-refractivity contribution in [2.24, 2.45) is 5.84 Å². The lowest BCUT2D eigenvalue weighted by Crippen LogP contribution is -2.38. The SMILES string of the molecule is CC.CCc1cc(C2CC2)c(C(=O)NN)cc1C(=O)N1CCC(c2ccc(C#N)cc2)CC1. The van der Waals surface area contributed by atoms with Crippen molar-refractivity contribution in [3.8, 4) is 6.07 Å². The number of carbonyl (C=O) groups is 2. The fourth-order valence-corrected chi connectivity index (χ4v) is 4.58. The van der Waals surface area contributed by atoms with Crippen molar-refractivity contribution in [1.29, 1.82) is 5.26 Å². The highest BCUT2D eigenvalue weighted by atomic mass is 16.2. The monoisotopic (exact) mass is 446 g/mol. The summed E-state index contributed by atoms with van der Waals surface area (Å²) in [6.07, 6.45) is 4.66. The molecule has 2 fully saturated rings. The van der Waals surface area contributed by atoms with Crippen molar-refractivity contribution in [3.05, 3.63) is 69.8 Å². The number of benzene rings is 2. The molecule has 0 aromatic heterocycles. The number of aryl methyl sites for hydroxylation is 1. The Hall–Kier alpha value is -3.17. The molecule has 0 spiro atoms. The van der Waals surface area contributed by atoms with Crippen LogP contribution in [0.25, 0.3) is 0 Å². The summed E-state index contributed by atoms with van der Waals surface area (Å²) >= 11 is 0. The summed E-state index contributed by atoms with van der Waals surface area (Å²) in [6, 6.07) is 13.7. The average Bonchev–Trinajstić information content (AvgIpc) is 3.74. The number of rotatable bonds is 5. The first-order valence-electron chi connectivity index (χ1n) is 12.0. The van der Waals surface area contributed by atoms with Crippen molar-refractivity contribution in [2.45, 2.75) is 64.7 Å². The van der Waals surface area contributed by atoms with E-state index in [1.807, 2.05) is 56.0 Å². The maximum absolute atomic E-state index is 13.4. The molecule has 1 saturated heterocycles. The largest absolute Gasteiger partial charge is 0.339 e. The van der Waals surface area contributed by atoms with Gasteiger partial charge in [-0.15, -0.1) is 0 Å². The number of piperidine rings is 1. The van der Waals surface area contributed by atoms with E-state index < -0.39 is 0 Å². The zero-order valence-electron chi connectivity index (χ0n) is 19.9. The van der Waals surface area contributed by atoms with Crippen LogP contribution in [0.15, 0.2) is 36.4 Å². The molecule has 1 saturated carbocycles. The van der Waals surface area contributed by atoms with E-state index in [4.69, 9.17) is 11.1 Å². The molecule has 1 aliphatic heterocycles. The van der Waals surface area contributed by atoms with Crippen molar-refractivity contribution < 1.29 is 9.59 Å². The second kappa shape index (κ2) is 11.1. The van der Waals surface area contributed by atoms with Gasteiger partial charge in [-0.2, -0.15) is 5.26 Å². The van der Waals surface area contributed by atoms with Gasteiger partial charge >= 0.3 is 0 Å². The quantitative estimate of drug-likeness (QED) is 0.397. The Morgan fingerprint density at radius 2 is 1.67 bits per heavy atom. The number of nitriles is 1. The van der Waals surface area contributed by atoms with Crippen LogP contribution in [0.3, 0.4) is 0 Å². The zero-order chi connectivity index (χ0) is 24.0. The predicted octanol–water partition coefficient (Wildman–Crippen LogP) is 4.65. The molecule has 4 rings (SSSR count). The molecular formula is C27H34N4O2. The molecule has 6 nitrogen and oxygen atoms in total. The summed E-state index contributed by atoms with van der Waals surface area (Å²) in [6.45, 7) is 7.40. The maximum Gasteiger partial charge on any atom is 0.265 e. The van der Waals surface area contributed by atoms with Crippen LogP contribution in [0, 0.1) is 11.3 Å². The van der Waals surface area contributed by atoms with Gasteiger partial charge in [-0.25, -0.2) is 5.84 Å². The highest BCUT2D eigenvalue weighted by molar-refractivity contribution is 6.01. The summed E-state index contributed by atoms with van der Waals surface area (Å²) in [4.78, 5) is 27.7. The molecule has 0 unspecified atom stereocenters. The van der Waals surface area contributed by atoms with E-state index in [0.29, 0.717) is 41.6 Å². The molecular weight excluding hydrogens is 412 g/mol. The fraction of sp³-hybridized carbons (Fsp3) is 0.444. The highest BCUT2D eigenvalue weighted by Gasteiger charge is 2.31. The summed E-state index contributed by atoms with van der Waals surface area (Å²) in [5.74, 6) is 5.84. The van der Waals surface area contributed by atoms with Crippen LogP contribution < -0.4 is 11.3 Å². The summed E-state index contributed by atoms with van der Waals surface area (Å²) in [7, 11) is 0. The molecule has 0 radical (unpaired) electrons. The number of nitrogens with zero attached hydrogens (tertiary/aromatic N) is 2. The first-order valence-corrected chi connectivity index (χ1v) is 12.0. The molecule has 2 amide bonds. The van der Waals surface area contributed by atoms with Gasteiger partial charge in [0.15, 0.2) is 0 Å². The fourth-order valence-electron chi connectivity index (χ4n) is 4.58. The predicted molar refractivity (Wildman–Crippen MR) is 130 cm³/mol. The Morgan fingerprint density at radius 1 is 1.03 bits per heavy atom. The number of nitrogen functional groups attached to an aromatic ring is 1. The third-order valence-electron chi connectivity index (χ3n) is 6.57. The lowest BCUT2D eigenvalue weighted by molar-refractivity contribution is 0.0712. The highest BCUT2D eigenvalue weighted by Crippen LogP contribution is 2.43. The zero-order valence-corrected chi connectivity index (χ0v) is 19.9. The lowest BCUT2D eigenvalue weighted by Gasteiger charge is -2.33. The minimum atomic E-state index is -0.335. The molecule has 2 aromatic rings. The van der Waals surface area contributed by atoms with E-state index in [0.717, 1.165) is 43.2 Å². The molecule has 6 heteroatoms. The number of hydrogen-bond acceptors (Lipinski definition) is 4. The number of likely N-dealkylation sites (tertiary alicyclic amines) is 1. The van der Waals surface area contributed by atoms with Crippen molar-refractivity contribution >= 4 is 11.8 Å². The van der Waals surface area contributed by atoms with Crippen LogP contribution in [-0.4, -0.2) is 29.8 Å². The standard InChI is InChI=1S/C25H28N4O2.C2H6/c1-2-17-13-21(20-7-8-20)23(24(30)28-27)14-22(17)25(31)29-11-9-19(10-12-29)18-5-3-16(15-26)4-6-18;1-2/h3-6,13-14,19-20H,2,7-12,27H2,1H3,(H,28,30);1-2H3. The van der Waals surface area contributed by atoms with E-state index in [-0.39, 0.29) is 11.8 Å². The average molecular weight is 447 g/mol. The van der Waals surface area contributed by atoms with E-state index in [2.05, 4.69) is 11.5 Å². The van der Waals surface area contributed by atoms with Crippen LogP contribution >= 0.6 is 0 Å². The number of hydrogen-bond donors (Lipinski definition) is 2. The van der Waals surface area contributed by atoms with Crippen LogP contribution in [0.2, 0.25) is 0 Å². The van der Waals surface area contributed by atoms with E-state index in [1.54, 1.807) is 6.07 Å². The maximum atomic E-state index is 13.4. The van der Waals surface area contributed by atoms with Crippen LogP contribution in [0.1, 0.15) is 101 Å². The normalized spacial score (nSPS) is 15.8. The van der Waals surface area contributed by atoms with Crippen molar-refractivity contribution in [2.75, 3.05) is 13.1 Å². The number of hydrazine groups is 1. The van der Waals surface area contributed by atoms with Gasteiger partial charge in [0, 0.05) is 24.2 Å². The van der Waals surface area contributed by atoms with E-state index in [9.17, 15) is 9.59 Å². The molecule has 33 heavy (non-hydrogen) atoms. The van der Waals surface area contributed by atoms with Crippen molar-refractivity contribution in [3.63, 3.8) is 0 Å². The molecule has 3 N–H and O–H groups in total.